The summed E-state index contributed by atoms with van der Waals surface area (Å²) in [6.45, 7) is 1.73. The molecule has 1 aliphatic rings. The van der Waals surface area contributed by atoms with E-state index in [1.54, 1.807) is 25.1 Å². The molecule has 6 nitrogen and oxygen atoms in total. The number of para-hydroxylation sites is 1. The molecule has 0 bridgehead atoms. The molecule has 144 valence electrons. The van der Waals surface area contributed by atoms with Crippen molar-refractivity contribution in [2.75, 3.05) is 9.80 Å². The van der Waals surface area contributed by atoms with E-state index >= 15 is 0 Å². The minimum atomic E-state index is -0.409. The van der Waals surface area contributed by atoms with Crippen molar-refractivity contribution in [1.82, 2.24) is 5.16 Å². The van der Waals surface area contributed by atoms with Crippen LogP contribution in [0.1, 0.15) is 23.4 Å². The number of rotatable bonds is 4. The van der Waals surface area contributed by atoms with Crippen molar-refractivity contribution in [3.63, 3.8) is 0 Å². The Kier molecular flexibility index (Phi) is 5.05. The maximum Gasteiger partial charge on any atom is 0.243 e. The highest BCUT2D eigenvalue weighted by molar-refractivity contribution is 7.81. The van der Waals surface area contributed by atoms with Gasteiger partial charge in [-0.25, -0.2) is 0 Å². The summed E-state index contributed by atoms with van der Waals surface area (Å²) < 4.78 is 5.44. The van der Waals surface area contributed by atoms with Gasteiger partial charge in [0.15, 0.2) is 10.9 Å². The molecule has 4 rings (SSSR count). The molecule has 0 N–H and O–H groups in total. The lowest BCUT2D eigenvalue weighted by Gasteiger charge is -2.35. The summed E-state index contributed by atoms with van der Waals surface area (Å²) in [7, 11) is 0. The van der Waals surface area contributed by atoms with E-state index in [4.69, 9.17) is 16.7 Å². The largest absolute Gasteiger partial charge is 0.354 e. The Morgan fingerprint density at radius 2 is 1.55 bits per heavy atom. The maximum atomic E-state index is 12.8. The summed E-state index contributed by atoms with van der Waals surface area (Å²) in [6, 6.07) is 18.7. The molecular weight excluding hydrogens is 386 g/mol. The Hall–Kier alpha value is -3.58. The second kappa shape index (κ2) is 7.81. The van der Waals surface area contributed by atoms with Crippen LogP contribution in [0.5, 0.6) is 0 Å². The van der Waals surface area contributed by atoms with Crippen molar-refractivity contribution in [1.29, 1.82) is 0 Å². The zero-order valence-corrected chi connectivity index (χ0v) is 16.4. The molecule has 2 heterocycles. The molecule has 0 atom stereocenters. The zero-order valence-electron chi connectivity index (χ0n) is 15.6. The Morgan fingerprint density at radius 3 is 2.24 bits per heavy atom. The Labute approximate surface area is 173 Å². The third-order valence-corrected chi connectivity index (χ3v) is 4.87. The SMILES string of the molecule is Cc1noc(/C=C/c2ccccc2)c1N1C(=O)CC(=O)N(c2ccccc2)C1=S. The molecule has 29 heavy (non-hydrogen) atoms. The smallest absolute Gasteiger partial charge is 0.243 e. The Morgan fingerprint density at radius 1 is 0.931 bits per heavy atom. The highest BCUT2D eigenvalue weighted by Crippen LogP contribution is 2.32. The lowest BCUT2D eigenvalue weighted by Crippen LogP contribution is -2.55. The van der Waals surface area contributed by atoms with E-state index in [0.29, 0.717) is 22.8 Å². The fourth-order valence-electron chi connectivity index (χ4n) is 3.15. The van der Waals surface area contributed by atoms with Gasteiger partial charge in [0.1, 0.15) is 17.8 Å². The fourth-order valence-corrected chi connectivity index (χ4v) is 3.55. The third kappa shape index (κ3) is 3.60. The molecule has 2 amide bonds. The van der Waals surface area contributed by atoms with Crippen LogP contribution in [-0.2, 0) is 9.59 Å². The topological polar surface area (TPSA) is 66.7 Å². The van der Waals surface area contributed by atoms with Crippen LogP contribution in [0.2, 0.25) is 0 Å². The van der Waals surface area contributed by atoms with Gasteiger partial charge in [0.2, 0.25) is 11.8 Å². The van der Waals surface area contributed by atoms with Gasteiger partial charge in [-0.05, 0) is 42.9 Å². The lowest BCUT2D eigenvalue weighted by atomic mass is 10.1. The second-order valence-corrected chi connectivity index (χ2v) is 6.84. The standard InChI is InChI=1S/C22H17N3O3S/c1-15-21(18(28-23-15)13-12-16-8-4-2-5-9-16)25-20(27)14-19(26)24(22(25)29)17-10-6-3-7-11-17/h2-13H,14H2,1H3/b13-12+. The average Bonchev–Trinajstić information content (AvgIpc) is 3.08. The van der Waals surface area contributed by atoms with Crippen molar-refractivity contribution in [2.45, 2.75) is 13.3 Å². The van der Waals surface area contributed by atoms with Gasteiger partial charge in [0, 0.05) is 0 Å². The molecule has 1 fully saturated rings. The van der Waals surface area contributed by atoms with Crippen LogP contribution >= 0.6 is 12.2 Å². The monoisotopic (exact) mass is 403 g/mol. The van der Waals surface area contributed by atoms with E-state index < -0.39 is 5.91 Å². The van der Waals surface area contributed by atoms with Gasteiger partial charge in [-0.15, -0.1) is 0 Å². The van der Waals surface area contributed by atoms with Crippen molar-refractivity contribution < 1.29 is 14.1 Å². The molecule has 0 saturated carbocycles. The summed E-state index contributed by atoms with van der Waals surface area (Å²) in [5, 5.41) is 4.09. The summed E-state index contributed by atoms with van der Waals surface area (Å²) in [4.78, 5) is 28.0. The van der Waals surface area contributed by atoms with Gasteiger partial charge in [-0.3, -0.25) is 19.4 Å². The number of nitrogens with zero attached hydrogens (tertiary/aromatic N) is 3. The van der Waals surface area contributed by atoms with Crippen molar-refractivity contribution in [3.8, 4) is 0 Å². The van der Waals surface area contributed by atoms with Gasteiger partial charge in [0.25, 0.3) is 0 Å². The number of carbonyl (C=O) groups is 2. The average molecular weight is 403 g/mol. The fraction of sp³-hybridized carbons (Fsp3) is 0.0909. The molecular formula is C22H17N3O3S. The van der Waals surface area contributed by atoms with Gasteiger partial charge in [-0.2, -0.15) is 0 Å². The number of carbonyl (C=O) groups excluding carboxylic acids is 2. The second-order valence-electron chi connectivity index (χ2n) is 6.48. The van der Waals surface area contributed by atoms with Gasteiger partial charge >= 0.3 is 0 Å². The van der Waals surface area contributed by atoms with E-state index in [1.165, 1.54) is 9.80 Å². The minimum absolute atomic E-state index is 0.0816. The predicted molar refractivity (Wildman–Crippen MR) is 115 cm³/mol. The van der Waals surface area contributed by atoms with Crippen molar-refractivity contribution in [2.24, 2.45) is 0 Å². The number of hydrogen-bond acceptors (Lipinski definition) is 5. The number of hydrogen-bond donors (Lipinski definition) is 0. The number of amides is 2. The van der Waals surface area contributed by atoms with Crippen LogP contribution in [0.4, 0.5) is 11.4 Å². The van der Waals surface area contributed by atoms with Gasteiger partial charge < -0.3 is 4.52 Å². The number of thiocarbonyl (C=S) groups is 1. The van der Waals surface area contributed by atoms with Crippen LogP contribution in [0.15, 0.2) is 65.2 Å². The van der Waals surface area contributed by atoms with Crippen LogP contribution in [0, 0.1) is 6.92 Å². The molecule has 0 spiro atoms. The predicted octanol–water partition coefficient (Wildman–Crippen LogP) is 4.21. The highest BCUT2D eigenvalue weighted by Gasteiger charge is 2.39. The number of anilines is 2. The lowest BCUT2D eigenvalue weighted by molar-refractivity contribution is -0.126. The first-order chi connectivity index (χ1) is 14.1. The summed E-state index contributed by atoms with van der Waals surface area (Å²) in [5.74, 6) is -0.379. The minimum Gasteiger partial charge on any atom is -0.354 e. The number of benzene rings is 2. The molecule has 1 aliphatic heterocycles. The van der Waals surface area contributed by atoms with Crippen LogP contribution in [0.3, 0.4) is 0 Å². The number of aryl methyl sites for hydroxylation is 1. The molecule has 0 radical (unpaired) electrons. The van der Waals surface area contributed by atoms with Crippen molar-refractivity contribution in [3.05, 3.63) is 77.7 Å². The molecule has 0 aliphatic carbocycles. The van der Waals surface area contributed by atoms with Gasteiger partial charge in [-0.1, -0.05) is 59.8 Å². The maximum absolute atomic E-state index is 12.8. The first kappa shape index (κ1) is 18.8. The third-order valence-electron chi connectivity index (χ3n) is 4.51. The first-order valence-corrected chi connectivity index (χ1v) is 9.41. The molecule has 2 aromatic carbocycles. The highest BCUT2D eigenvalue weighted by atomic mass is 32.1. The van der Waals surface area contributed by atoms with E-state index in [2.05, 4.69) is 5.16 Å². The summed E-state index contributed by atoms with van der Waals surface area (Å²) in [6.07, 6.45) is 3.31. The van der Waals surface area contributed by atoms with E-state index in [0.717, 1.165) is 5.56 Å². The zero-order chi connectivity index (χ0) is 20.4. The van der Waals surface area contributed by atoms with Crippen LogP contribution in [-0.4, -0.2) is 22.1 Å². The normalized spacial score (nSPS) is 14.9. The number of aromatic nitrogens is 1. The van der Waals surface area contributed by atoms with E-state index in [1.807, 2.05) is 54.6 Å². The first-order valence-electron chi connectivity index (χ1n) is 9.00. The summed E-state index contributed by atoms with van der Waals surface area (Å²) in [5.41, 5.74) is 2.54. The molecule has 3 aromatic rings. The van der Waals surface area contributed by atoms with Crippen LogP contribution < -0.4 is 9.80 Å². The van der Waals surface area contributed by atoms with Gasteiger partial charge in [0.05, 0.1) is 5.69 Å². The molecule has 1 saturated heterocycles. The van der Waals surface area contributed by atoms with Crippen LogP contribution in [0.25, 0.3) is 12.2 Å². The van der Waals surface area contributed by atoms with E-state index in [9.17, 15) is 9.59 Å². The molecule has 7 heteroatoms. The molecule has 0 unspecified atom stereocenters. The van der Waals surface area contributed by atoms with Crippen molar-refractivity contribution >= 4 is 52.7 Å². The Balaban J connectivity index is 1.73. The Bertz CT molecular complexity index is 1110. The quantitative estimate of drug-likeness (QED) is 0.482. The summed E-state index contributed by atoms with van der Waals surface area (Å²) >= 11 is 5.55. The van der Waals surface area contributed by atoms with E-state index in [-0.39, 0.29) is 17.4 Å². The molecule has 1 aromatic heterocycles.